The van der Waals surface area contributed by atoms with E-state index < -0.39 is 6.61 Å². The Bertz CT molecular complexity index is 841. The van der Waals surface area contributed by atoms with Crippen molar-refractivity contribution in [3.63, 3.8) is 0 Å². The van der Waals surface area contributed by atoms with Crippen LogP contribution >= 0.6 is 0 Å². The summed E-state index contributed by atoms with van der Waals surface area (Å²) in [5.74, 6) is 1.47. The van der Waals surface area contributed by atoms with Gasteiger partial charge in [-0.2, -0.15) is 8.78 Å². The minimum absolute atomic E-state index is 0.0736. The van der Waals surface area contributed by atoms with Crippen LogP contribution in [0, 0.1) is 5.92 Å². The van der Waals surface area contributed by atoms with Gasteiger partial charge in [-0.05, 0) is 55.3 Å². The number of fused-ring (bicyclic) bond motifs is 1. The van der Waals surface area contributed by atoms with E-state index >= 15 is 0 Å². The molecule has 0 aromatic heterocycles. The van der Waals surface area contributed by atoms with Crippen molar-refractivity contribution in [1.29, 1.82) is 0 Å². The van der Waals surface area contributed by atoms with Crippen molar-refractivity contribution in [3.8, 4) is 17.2 Å². The number of piperidine rings is 1. The SMILES string of the molecule is O=C(c1ccc2c(c1)OCO2)[C@H]1CCCN(Cc2ccc(OC(F)F)cc2)C1. The number of alkyl halides is 2. The van der Waals surface area contributed by atoms with Crippen LogP contribution in [0.1, 0.15) is 28.8 Å². The molecule has 0 bridgehead atoms. The van der Waals surface area contributed by atoms with Crippen LogP contribution in [-0.2, 0) is 6.54 Å². The molecule has 2 aromatic rings. The Kier molecular flexibility index (Phi) is 5.43. The Hall–Kier alpha value is -2.67. The summed E-state index contributed by atoms with van der Waals surface area (Å²) in [7, 11) is 0. The van der Waals surface area contributed by atoms with Crippen molar-refractivity contribution in [1.82, 2.24) is 4.90 Å². The highest BCUT2D eigenvalue weighted by molar-refractivity contribution is 5.98. The molecule has 0 spiro atoms. The zero-order chi connectivity index (χ0) is 19.5. The molecule has 7 heteroatoms. The van der Waals surface area contributed by atoms with Gasteiger partial charge in [0.05, 0.1) is 0 Å². The van der Waals surface area contributed by atoms with E-state index in [0.717, 1.165) is 24.9 Å². The van der Waals surface area contributed by atoms with Crippen LogP contribution < -0.4 is 14.2 Å². The first-order chi connectivity index (χ1) is 13.6. The molecule has 0 aliphatic carbocycles. The lowest BCUT2D eigenvalue weighted by Gasteiger charge is -2.32. The summed E-state index contributed by atoms with van der Waals surface area (Å²) in [6.07, 6.45) is 1.79. The lowest BCUT2D eigenvalue weighted by atomic mass is 9.89. The standard InChI is InChI=1S/C21H21F2NO4/c22-21(23)28-17-6-3-14(4-7-17)11-24-9-1-2-16(12-24)20(25)15-5-8-18-19(10-15)27-13-26-18/h3-8,10,16,21H,1-2,9,11-13H2/t16-/m0/s1. The van der Waals surface area contributed by atoms with E-state index in [2.05, 4.69) is 9.64 Å². The average molecular weight is 389 g/mol. The smallest absolute Gasteiger partial charge is 0.387 e. The highest BCUT2D eigenvalue weighted by atomic mass is 19.3. The van der Waals surface area contributed by atoms with Crippen LogP contribution in [0.3, 0.4) is 0 Å². The Labute approximate surface area is 161 Å². The minimum Gasteiger partial charge on any atom is -0.454 e. The monoisotopic (exact) mass is 389 g/mol. The van der Waals surface area contributed by atoms with Crippen LogP contribution in [-0.4, -0.2) is 37.2 Å². The van der Waals surface area contributed by atoms with E-state index in [9.17, 15) is 13.6 Å². The third kappa shape index (κ3) is 4.25. The van der Waals surface area contributed by atoms with E-state index in [-0.39, 0.29) is 24.2 Å². The quantitative estimate of drug-likeness (QED) is 0.696. The van der Waals surface area contributed by atoms with E-state index in [4.69, 9.17) is 9.47 Å². The van der Waals surface area contributed by atoms with Crippen molar-refractivity contribution in [2.45, 2.75) is 26.0 Å². The first-order valence-electron chi connectivity index (χ1n) is 9.28. The molecule has 5 nitrogen and oxygen atoms in total. The van der Waals surface area contributed by atoms with Crippen LogP contribution in [0.5, 0.6) is 17.2 Å². The largest absolute Gasteiger partial charge is 0.454 e. The van der Waals surface area contributed by atoms with Gasteiger partial charge in [-0.25, -0.2) is 0 Å². The molecule has 148 valence electrons. The van der Waals surface area contributed by atoms with Crippen molar-refractivity contribution < 1.29 is 27.8 Å². The van der Waals surface area contributed by atoms with E-state index in [0.29, 0.717) is 30.2 Å². The zero-order valence-corrected chi connectivity index (χ0v) is 15.3. The van der Waals surface area contributed by atoms with Gasteiger partial charge in [0.15, 0.2) is 17.3 Å². The van der Waals surface area contributed by atoms with Gasteiger partial charge in [0.1, 0.15) is 5.75 Å². The molecule has 2 aromatic carbocycles. The van der Waals surface area contributed by atoms with Gasteiger partial charge >= 0.3 is 6.61 Å². The molecule has 0 saturated carbocycles. The highest BCUT2D eigenvalue weighted by Gasteiger charge is 2.28. The van der Waals surface area contributed by atoms with Crippen LogP contribution in [0.15, 0.2) is 42.5 Å². The number of ketones is 1. The van der Waals surface area contributed by atoms with Crippen molar-refractivity contribution in [3.05, 3.63) is 53.6 Å². The number of ether oxygens (including phenoxy) is 3. The van der Waals surface area contributed by atoms with Gasteiger partial charge < -0.3 is 14.2 Å². The fourth-order valence-electron chi connectivity index (χ4n) is 3.73. The van der Waals surface area contributed by atoms with E-state index in [1.165, 1.54) is 0 Å². The number of benzene rings is 2. The molecule has 0 unspecified atom stereocenters. The first kappa shape index (κ1) is 18.7. The predicted octanol–water partition coefficient (Wildman–Crippen LogP) is 4.11. The highest BCUT2D eigenvalue weighted by Crippen LogP contribution is 2.34. The maximum atomic E-state index is 12.9. The summed E-state index contributed by atoms with van der Waals surface area (Å²) in [6, 6.07) is 12.0. The number of Topliss-reactive ketones (excluding diaryl/α,β-unsaturated/α-hetero) is 1. The number of carbonyl (C=O) groups excluding carboxylic acids is 1. The van der Waals surface area contributed by atoms with Gasteiger partial charge in [0.2, 0.25) is 6.79 Å². The first-order valence-corrected chi connectivity index (χ1v) is 9.28. The number of likely N-dealkylation sites (tertiary alicyclic amines) is 1. The predicted molar refractivity (Wildman–Crippen MR) is 98.0 cm³/mol. The average Bonchev–Trinajstić information content (AvgIpc) is 3.16. The molecular formula is C21H21F2NO4. The Balaban J connectivity index is 1.38. The molecule has 1 atom stereocenters. The number of hydrogen-bond donors (Lipinski definition) is 0. The second kappa shape index (κ2) is 8.14. The lowest BCUT2D eigenvalue weighted by molar-refractivity contribution is -0.0498. The summed E-state index contributed by atoms with van der Waals surface area (Å²) < 4.78 is 39.5. The number of rotatable bonds is 6. The maximum absolute atomic E-state index is 12.9. The van der Waals surface area contributed by atoms with Gasteiger partial charge in [0.25, 0.3) is 0 Å². The van der Waals surface area contributed by atoms with Crippen LogP contribution in [0.4, 0.5) is 8.78 Å². The molecule has 0 amide bonds. The third-order valence-electron chi connectivity index (χ3n) is 5.09. The topological polar surface area (TPSA) is 48.0 Å². The van der Waals surface area contributed by atoms with Gasteiger partial charge in [-0.3, -0.25) is 9.69 Å². The molecule has 2 heterocycles. The van der Waals surface area contributed by atoms with Gasteiger partial charge in [0, 0.05) is 24.6 Å². The Morgan fingerprint density at radius 2 is 1.93 bits per heavy atom. The van der Waals surface area contributed by atoms with Crippen molar-refractivity contribution in [2.75, 3.05) is 19.9 Å². The van der Waals surface area contributed by atoms with Gasteiger partial charge in [-0.1, -0.05) is 12.1 Å². The molecule has 1 saturated heterocycles. The molecule has 0 N–H and O–H groups in total. The fourth-order valence-corrected chi connectivity index (χ4v) is 3.73. The minimum atomic E-state index is -2.82. The molecule has 1 fully saturated rings. The molecule has 0 radical (unpaired) electrons. The summed E-state index contributed by atoms with van der Waals surface area (Å²) >= 11 is 0. The summed E-state index contributed by atoms with van der Waals surface area (Å²) in [5, 5.41) is 0. The summed E-state index contributed by atoms with van der Waals surface area (Å²) in [5.41, 5.74) is 1.64. The van der Waals surface area contributed by atoms with Crippen molar-refractivity contribution >= 4 is 5.78 Å². The molecular weight excluding hydrogens is 368 g/mol. The number of hydrogen-bond acceptors (Lipinski definition) is 5. The number of carbonyl (C=O) groups is 1. The molecule has 28 heavy (non-hydrogen) atoms. The molecule has 2 aliphatic rings. The van der Waals surface area contributed by atoms with Crippen LogP contribution in [0.25, 0.3) is 0 Å². The van der Waals surface area contributed by atoms with Crippen LogP contribution in [0.2, 0.25) is 0 Å². The van der Waals surface area contributed by atoms with E-state index in [1.807, 2.05) is 0 Å². The second-order valence-electron chi connectivity index (χ2n) is 7.03. The number of halogens is 2. The molecule has 2 aliphatic heterocycles. The summed E-state index contributed by atoms with van der Waals surface area (Å²) in [4.78, 5) is 15.2. The van der Waals surface area contributed by atoms with Crippen molar-refractivity contribution in [2.24, 2.45) is 5.92 Å². The Morgan fingerprint density at radius 3 is 2.71 bits per heavy atom. The maximum Gasteiger partial charge on any atom is 0.387 e. The Morgan fingerprint density at radius 1 is 1.14 bits per heavy atom. The normalized spacial score (nSPS) is 19.0. The summed E-state index contributed by atoms with van der Waals surface area (Å²) in [6.45, 7) is -0.399. The van der Waals surface area contributed by atoms with E-state index in [1.54, 1.807) is 42.5 Å². The fraction of sp³-hybridized carbons (Fsp3) is 0.381. The number of nitrogens with zero attached hydrogens (tertiary/aromatic N) is 1. The second-order valence-corrected chi connectivity index (χ2v) is 7.03. The van der Waals surface area contributed by atoms with Gasteiger partial charge in [-0.15, -0.1) is 0 Å². The lowest BCUT2D eigenvalue weighted by Crippen LogP contribution is -2.38. The third-order valence-corrected chi connectivity index (χ3v) is 5.09. The zero-order valence-electron chi connectivity index (χ0n) is 15.3. The molecule has 4 rings (SSSR count).